The zero-order valence-corrected chi connectivity index (χ0v) is 13.8. The average Bonchev–Trinajstić information content (AvgIpc) is 2.42. The molecule has 118 valence electrons. The Morgan fingerprint density at radius 3 is 2.81 bits per heavy atom. The number of nitrogens with two attached hydrogens (primary N) is 1. The van der Waals surface area contributed by atoms with E-state index in [-0.39, 0.29) is 21.7 Å². The third kappa shape index (κ3) is 6.04. The monoisotopic (exact) mass is 331 g/mol. The number of hydrogen-bond donors (Lipinski definition) is 2. The Kier molecular flexibility index (Phi) is 7.16. The van der Waals surface area contributed by atoms with Crippen LogP contribution in [0.5, 0.6) is 0 Å². The maximum absolute atomic E-state index is 12.2. The fraction of sp³-hybridized carbons (Fsp3) is 0.538. The van der Waals surface area contributed by atoms with Gasteiger partial charge in [0.05, 0.1) is 6.10 Å². The number of pyridine rings is 1. The quantitative estimate of drug-likeness (QED) is 0.521. The van der Waals surface area contributed by atoms with E-state index in [9.17, 15) is 8.42 Å². The van der Waals surface area contributed by atoms with Crippen LogP contribution in [-0.2, 0) is 14.8 Å². The first-order valence-corrected chi connectivity index (χ1v) is 8.60. The van der Waals surface area contributed by atoms with Gasteiger partial charge in [0.2, 0.25) is 10.0 Å². The molecule has 0 bridgehead atoms. The Balaban J connectivity index is 2.57. The van der Waals surface area contributed by atoms with Crippen LogP contribution in [0.2, 0.25) is 0 Å². The summed E-state index contributed by atoms with van der Waals surface area (Å²) in [6.45, 7) is 4.87. The van der Waals surface area contributed by atoms with Gasteiger partial charge in [-0.15, -0.1) is 0 Å². The van der Waals surface area contributed by atoms with E-state index in [1.54, 1.807) is 0 Å². The Bertz CT molecular complexity index is 574. The van der Waals surface area contributed by atoms with Crippen LogP contribution in [0.3, 0.4) is 0 Å². The second kappa shape index (κ2) is 8.38. The third-order valence-corrected chi connectivity index (χ3v) is 4.29. The van der Waals surface area contributed by atoms with Crippen LogP contribution >= 0.6 is 12.2 Å². The van der Waals surface area contributed by atoms with Gasteiger partial charge in [-0.3, -0.25) is 4.98 Å². The third-order valence-electron chi connectivity index (χ3n) is 2.61. The number of ether oxygens (including phenoxy) is 1. The summed E-state index contributed by atoms with van der Waals surface area (Å²) in [5, 5.41) is 0. The normalized spacial score (nSPS) is 11.8. The summed E-state index contributed by atoms with van der Waals surface area (Å²) in [5.41, 5.74) is 5.61. The second-order valence-corrected chi connectivity index (χ2v) is 6.91. The highest BCUT2D eigenvalue weighted by Crippen LogP contribution is 2.12. The molecule has 0 radical (unpaired) electrons. The van der Waals surface area contributed by atoms with Crippen LogP contribution in [-0.4, -0.2) is 37.6 Å². The molecule has 0 aliphatic heterocycles. The lowest BCUT2D eigenvalue weighted by molar-refractivity contribution is 0.0762. The summed E-state index contributed by atoms with van der Waals surface area (Å²) in [6, 6.07) is 2.97. The molecule has 0 aromatic carbocycles. The van der Waals surface area contributed by atoms with Crippen LogP contribution in [0.25, 0.3) is 0 Å². The van der Waals surface area contributed by atoms with E-state index in [1.807, 2.05) is 13.8 Å². The highest BCUT2D eigenvalue weighted by atomic mass is 32.2. The van der Waals surface area contributed by atoms with Crippen molar-refractivity contribution < 1.29 is 13.2 Å². The second-order valence-electron chi connectivity index (χ2n) is 4.74. The summed E-state index contributed by atoms with van der Waals surface area (Å²) in [7, 11) is -3.66. The Hall–Kier alpha value is -1.09. The van der Waals surface area contributed by atoms with Gasteiger partial charge < -0.3 is 10.5 Å². The lowest BCUT2D eigenvalue weighted by Crippen LogP contribution is -2.28. The predicted molar refractivity (Wildman–Crippen MR) is 85.6 cm³/mol. The van der Waals surface area contributed by atoms with Crippen LogP contribution in [0, 0.1) is 0 Å². The number of unbranched alkanes of at least 4 members (excludes halogenated alkanes) is 1. The molecule has 3 N–H and O–H groups in total. The molecular weight excluding hydrogens is 310 g/mol. The van der Waals surface area contributed by atoms with Gasteiger partial charge >= 0.3 is 0 Å². The van der Waals surface area contributed by atoms with Crippen LogP contribution in [0.4, 0.5) is 0 Å². The topological polar surface area (TPSA) is 94.3 Å². The van der Waals surface area contributed by atoms with Crippen molar-refractivity contribution >= 4 is 27.2 Å². The molecule has 0 spiro atoms. The lowest BCUT2D eigenvalue weighted by atomic mass is 10.3. The molecule has 0 amide bonds. The smallest absolute Gasteiger partial charge is 0.242 e. The van der Waals surface area contributed by atoms with Crippen molar-refractivity contribution in [2.24, 2.45) is 5.73 Å². The van der Waals surface area contributed by atoms with Crippen molar-refractivity contribution in [3.05, 3.63) is 24.0 Å². The zero-order valence-electron chi connectivity index (χ0n) is 12.2. The molecule has 0 saturated heterocycles. The summed E-state index contributed by atoms with van der Waals surface area (Å²) in [5.74, 6) is 0. The van der Waals surface area contributed by atoms with Crippen molar-refractivity contribution in [3.63, 3.8) is 0 Å². The molecule has 0 unspecified atom stereocenters. The van der Waals surface area contributed by atoms with E-state index in [4.69, 9.17) is 22.7 Å². The van der Waals surface area contributed by atoms with Gasteiger partial charge in [0.1, 0.15) is 15.6 Å². The standard InChI is InChI=1S/C13H21N3O3S2/c1-10(2)19-9-4-3-8-16-21(17,18)11-6-5-7-15-12(11)13(14)20/h5-7,10,16H,3-4,8-9H2,1-2H3,(H2,14,20). The van der Waals surface area contributed by atoms with E-state index in [0.29, 0.717) is 19.6 Å². The fourth-order valence-electron chi connectivity index (χ4n) is 1.62. The predicted octanol–water partition coefficient (Wildman–Crippen LogP) is 1.20. The van der Waals surface area contributed by atoms with E-state index >= 15 is 0 Å². The minimum atomic E-state index is -3.66. The zero-order chi connectivity index (χ0) is 15.9. The average molecular weight is 331 g/mol. The van der Waals surface area contributed by atoms with E-state index in [2.05, 4.69) is 9.71 Å². The largest absolute Gasteiger partial charge is 0.388 e. The molecule has 0 fully saturated rings. The fourth-order valence-corrected chi connectivity index (χ4v) is 3.09. The van der Waals surface area contributed by atoms with E-state index in [0.717, 1.165) is 6.42 Å². The molecule has 0 aliphatic carbocycles. The molecule has 0 saturated carbocycles. The lowest BCUT2D eigenvalue weighted by Gasteiger charge is -2.10. The Labute approximate surface area is 131 Å². The summed E-state index contributed by atoms with van der Waals surface area (Å²) in [4.78, 5) is 3.89. The van der Waals surface area contributed by atoms with Gasteiger partial charge in [0, 0.05) is 19.3 Å². The van der Waals surface area contributed by atoms with Gasteiger partial charge in [-0.05, 0) is 38.8 Å². The molecule has 6 nitrogen and oxygen atoms in total. The first-order chi connectivity index (χ1) is 9.84. The van der Waals surface area contributed by atoms with Gasteiger partial charge in [-0.2, -0.15) is 0 Å². The molecule has 1 heterocycles. The maximum atomic E-state index is 12.2. The Morgan fingerprint density at radius 2 is 2.19 bits per heavy atom. The molecule has 1 aromatic heterocycles. The number of rotatable bonds is 9. The summed E-state index contributed by atoms with van der Waals surface area (Å²) < 4.78 is 32.3. The first-order valence-electron chi connectivity index (χ1n) is 6.70. The number of aromatic nitrogens is 1. The number of nitrogens with one attached hydrogen (secondary N) is 1. The molecule has 0 aliphatic rings. The number of nitrogens with zero attached hydrogens (tertiary/aromatic N) is 1. The summed E-state index contributed by atoms with van der Waals surface area (Å²) >= 11 is 4.82. The maximum Gasteiger partial charge on any atom is 0.242 e. The van der Waals surface area contributed by atoms with Crippen LogP contribution in [0.15, 0.2) is 23.2 Å². The number of hydrogen-bond acceptors (Lipinski definition) is 5. The SMILES string of the molecule is CC(C)OCCCCNS(=O)(=O)c1cccnc1C(N)=S. The van der Waals surface area contributed by atoms with Gasteiger partial charge in [-0.1, -0.05) is 12.2 Å². The van der Waals surface area contributed by atoms with Crippen molar-refractivity contribution in [1.82, 2.24) is 9.71 Å². The minimum absolute atomic E-state index is 0.0101. The summed E-state index contributed by atoms with van der Waals surface area (Å²) in [6.07, 6.45) is 3.12. The van der Waals surface area contributed by atoms with Crippen LogP contribution in [0.1, 0.15) is 32.4 Å². The molecule has 1 rings (SSSR count). The van der Waals surface area contributed by atoms with E-state index in [1.165, 1.54) is 18.3 Å². The highest BCUT2D eigenvalue weighted by Gasteiger charge is 2.19. The van der Waals surface area contributed by atoms with Crippen LogP contribution < -0.4 is 10.5 Å². The molecule has 0 atom stereocenters. The van der Waals surface area contributed by atoms with Gasteiger partial charge in [0.25, 0.3) is 0 Å². The molecule has 8 heteroatoms. The van der Waals surface area contributed by atoms with Gasteiger partial charge in [0.15, 0.2) is 0 Å². The molecule has 21 heavy (non-hydrogen) atoms. The molecule has 1 aromatic rings. The van der Waals surface area contributed by atoms with Crippen molar-refractivity contribution in [2.45, 2.75) is 37.7 Å². The number of thiocarbonyl (C=S) groups is 1. The van der Waals surface area contributed by atoms with Crippen molar-refractivity contribution in [1.29, 1.82) is 0 Å². The highest BCUT2D eigenvalue weighted by molar-refractivity contribution is 7.89. The minimum Gasteiger partial charge on any atom is -0.388 e. The Morgan fingerprint density at radius 1 is 1.48 bits per heavy atom. The van der Waals surface area contributed by atoms with Gasteiger partial charge in [-0.25, -0.2) is 13.1 Å². The van der Waals surface area contributed by atoms with E-state index < -0.39 is 10.0 Å². The molecular formula is C13H21N3O3S2. The first kappa shape index (κ1) is 18.0. The van der Waals surface area contributed by atoms with Crippen molar-refractivity contribution in [3.8, 4) is 0 Å². The van der Waals surface area contributed by atoms with Crippen molar-refractivity contribution in [2.75, 3.05) is 13.2 Å². The number of sulfonamides is 1.